The lowest BCUT2D eigenvalue weighted by Gasteiger charge is -2.00. The topological polar surface area (TPSA) is 37.3 Å². The van der Waals surface area contributed by atoms with Crippen molar-refractivity contribution in [1.29, 1.82) is 0 Å². The van der Waals surface area contributed by atoms with E-state index in [-0.39, 0.29) is 6.92 Å². The summed E-state index contributed by atoms with van der Waals surface area (Å²) in [5.74, 6) is -0.859. The molecule has 0 saturated carbocycles. The number of rotatable bonds is 1. The summed E-state index contributed by atoms with van der Waals surface area (Å²) in [4.78, 5) is 10.5. The Bertz CT molecular complexity index is 364. The lowest BCUT2D eigenvalue weighted by Crippen LogP contribution is -1.99. The van der Waals surface area contributed by atoms with Crippen LogP contribution in [0.2, 0.25) is 0 Å². The number of aryl methyl sites for hydroxylation is 2. The van der Waals surface area contributed by atoms with Gasteiger partial charge in [0.15, 0.2) is 0 Å². The first-order chi connectivity index (χ1) is 7.11. The molecule has 0 heterocycles. The van der Waals surface area contributed by atoms with E-state index in [4.69, 9.17) is 5.11 Å². The van der Waals surface area contributed by atoms with Gasteiger partial charge in [0, 0.05) is 6.92 Å². The number of aromatic carboxylic acids is 1. The number of carboxylic acid groups (broad SMARTS) is 1. The summed E-state index contributed by atoms with van der Waals surface area (Å²) in [5, 5.41) is 8.66. The average Bonchev–Trinajstić information content (AvgIpc) is 1.99. The molecule has 0 saturated heterocycles. The van der Waals surface area contributed by atoms with Gasteiger partial charge in [-0.1, -0.05) is 17.7 Å². The molecular weight excluding hydrogens is 221 g/mol. The summed E-state index contributed by atoms with van der Waals surface area (Å²) in [6.07, 6.45) is -4.00. The van der Waals surface area contributed by atoms with Gasteiger partial charge in [-0.15, -0.1) is 0 Å². The highest BCUT2D eigenvalue weighted by atomic mass is 19.4. The van der Waals surface area contributed by atoms with Crippen LogP contribution < -0.4 is 0 Å². The van der Waals surface area contributed by atoms with Crippen LogP contribution in [0, 0.1) is 13.8 Å². The van der Waals surface area contributed by atoms with Gasteiger partial charge in [-0.05, 0) is 25.5 Å². The molecule has 0 bridgehead atoms. The van der Waals surface area contributed by atoms with E-state index in [1.807, 2.05) is 13.0 Å². The first-order valence-electron chi connectivity index (χ1n) is 4.48. The Balaban J connectivity index is 0.000000385. The van der Waals surface area contributed by atoms with Gasteiger partial charge in [0.05, 0.1) is 5.56 Å². The Morgan fingerprint density at radius 2 is 1.69 bits per heavy atom. The van der Waals surface area contributed by atoms with Crippen LogP contribution in [-0.2, 0) is 0 Å². The molecule has 1 rings (SSSR count). The second-order valence-corrected chi connectivity index (χ2v) is 3.40. The summed E-state index contributed by atoms with van der Waals surface area (Å²) in [6, 6.07) is 5.30. The molecule has 1 N–H and O–H groups in total. The molecule has 5 heteroatoms. The predicted octanol–water partition coefficient (Wildman–Crippen LogP) is 3.57. The largest absolute Gasteiger partial charge is 0.478 e. The van der Waals surface area contributed by atoms with E-state index < -0.39 is 12.1 Å². The van der Waals surface area contributed by atoms with E-state index >= 15 is 0 Å². The van der Waals surface area contributed by atoms with E-state index in [1.54, 1.807) is 19.1 Å². The van der Waals surface area contributed by atoms with Crippen LogP contribution in [0.15, 0.2) is 18.2 Å². The summed E-state index contributed by atoms with van der Waals surface area (Å²) in [7, 11) is 0. The fraction of sp³-hybridized carbons (Fsp3) is 0.364. The quantitative estimate of drug-likeness (QED) is 0.806. The van der Waals surface area contributed by atoms with Crippen molar-refractivity contribution >= 4 is 5.97 Å². The first-order valence-corrected chi connectivity index (χ1v) is 4.48. The van der Waals surface area contributed by atoms with Crippen molar-refractivity contribution in [2.45, 2.75) is 26.9 Å². The Kier molecular flexibility index (Phi) is 5.01. The molecule has 16 heavy (non-hydrogen) atoms. The molecule has 0 atom stereocenters. The molecule has 0 aromatic heterocycles. The van der Waals surface area contributed by atoms with Crippen molar-refractivity contribution in [2.75, 3.05) is 0 Å². The molecule has 0 unspecified atom stereocenters. The number of hydrogen-bond donors (Lipinski definition) is 1. The summed E-state index contributed by atoms with van der Waals surface area (Å²) in [5.41, 5.74) is 2.29. The smallest absolute Gasteiger partial charge is 0.386 e. The van der Waals surface area contributed by atoms with Crippen LogP contribution in [-0.4, -0.2) is 17.3 Å². The van der Waals surface area contributed by atoms with E-state index in [0.29, 0.717) is 5.56 Å². The normalized spacial score (nSPS) is 10.4. The third kappa shape index (κ3) is 6.86. The average molecular weight is 234 g/mol. The molecule has 0 aliphatic rings. The van der Waals surface area contributed by atoms with Crippen LogP contribution in [0.5, 0.6) is 0 Å². The zero-order chi connectivity index (χ0) is 12.9. The van der Waals surface area contributed by atoms with Gasteiger partial charge in [0.25, 0.3) is 0 Å². The maximum Gasteiger partial charge on any atom is 0.386 e. The van der Waals surface area contributed by atoms with Gasteiger partial charge in [-0.3, -0.25) is 0 Å². The molecule has 90 valence electrons. The molecule has 0 radical (unpaired) electrons. The zero-order valence-electron chi connectivity index (χ0n) is 9.22. The number of alkyl halides is 3. The highest BCUT2D eigenvalue weighted by Gasteiger charge is 2.15. The standard InChI is InChI=1S/C9H10O2.C2H3F3/c1-6-3-4-8(9(10)11)7(2)5-6;1-2(3,4)5/h3-5H,1-2H3,(H,10,11);1H3. The second-order valence-electron chi connectivity index (χ2n) is 3.40. The summed E-state index contributed by atoms with van der Waals surface area (Å²) in [6.45, 7) is 3.93. The minimum Gasteiger partial charge on any atom is -0.478 e. The highest BCUT2D eigenvalue weighted by Crippen LogP contribution is 2.10. The van der Waals surface area contributed by atoms with Crippen molar-refractivity contribution in [3.05, 3.63) is 34.9 Å². The van der Waals surface area contributed by atoms with E-state index in [1.165, 1.54) is 0 Å². The number of halogens is 3. The van der Waals surface area contributed by atoms with E-state index in [2.05, 4.69) is 0 Å². The van der Waals surface area contributed by atoms with Gasteiger partial charge < -0.3 is 5.11 Å². The predicted molar refractivity (Wildman–Crippen MR) is 54.6 cm³/mol. The molecular formula is C11H13F3O2. The lowest BCUT2D eigenvalue weighted by molar-refractivity contribution is -0.110. The van der Waals surface area contributed by atoms with Gasteiger partial charge in [-0.25, -0.2) is 4.79 Å². The third-order valence-corrected chi connectivity index (χ3v) is 1.61. The highest BCUT2D eigenvalue weighted by molar-refractivity contribution is 5.89. The number of benzene rings is 1. The lowest BCUT2D eigenvalue weighted by atomic mass is 10.1. The van der Waals surface area contributed by atoms with Gasteiger partial charge in [0.1, 0.15) is 0 Å². The maximum atomic E-state index is 10.5. The Morgan fingerprint density at radius 3 is 2.00 bits per heavy atom. The van der Waals surface area contributed by atoms with Crippen LogP contribution in [0.3, 0.4) is 0 Å². The molecule has 0 aliphatic heterocycles. The fourth-order valence-electron chi connectivity index (χ4n) is 1.05. The molecule has 1 aromatic rings. The monoisotopic (exact) mass is 234 g/mol. The van der Waals surface area contributed by atoms with Gasteiger partial charge in [-0.2, -0.15) is 13.2 Å². The molecule has 1 aromatic carbocycles. The van der Waals surface area contributed by atoms with E-state index in [0.717, 1.165) is 11.1 Å². The first kappa shape index (κ1) is 14.5. The van der Waals surface area contributed by atoms with Crippen molar-refractivity contribution < 1.29 is 23.1 Å². The SMILES string of the molecule is CC(F)(F)F.Cc1ccc(C(=O)O)c(C)c1. The molecule has 0 amide bonds. The van der Waals surface area contributed by atoms with Crippen LogP contribution >= 0.6 is 0 Å². The molecule has 0 spiro atoms. The van der Waals surface area contributed by atoms with Crippen molar-refractivity contribution in [3.8, 4) is 0 Å². The Labute approximate surface area is 91.7 Å². The van der Waals surface area contributed by atoms with Gasteiger partial charge >= 0.3 is 12.1 Å². The van der Waals surface area contributed by atoms with Crippen LogP contribution in [0.1, 0.15) is 28.4 Å². The Morgan fingerprint density at radius 1 is 1.25 bits per heavy atom. The molecule has 0 aliphatic carbocycles. The zero-order valence-corrected chi connectivity index (χ0v) is 9.22. The minimum atomic E-state index is -4.00. The van der Waals surface area contributed by atoms with Crippen molar-refractivity contribution in [3.63, 3.8) is 0 Å². The van der Waals surface area contributed by atoms with Crippen LogP contribution in [0.4, 0.5) is 13.2 Å². The number of carboxylic acids is 1. The van der Waals surface area contributed by atoms with Gasteiger partial charge in [0.2, 0.25) is 0 Å². The summed E-state index contributed by atoms with van der Waals surface area (Å²) < 4.78 is 31.1. The second kappa shape index (κ2) is 5.53. The third-order valence-electron chi connectivity index (χ3n) is 1.61. The maximum absolute atomic E-state index is 10.5. The number of hydrogen-bond acceptors (Lipinski definition) is 1. The molecule has 0 fully saturated rings. The summed E-state index contributed by atoms with van der Waals surface area (Å²) >= 11 is 0. The minimum absolute atomic E-state index is 0.188. The number of carbonyl (C=O) groups is 1. The van der Waals surface area contributed by atoms with Crippen molar-refractivity contribution in [1.82, 2.24) is 0 Å². The van der Waals surface area contributed by atoms with E-state index in [9.17, 15) is 18.0 Å². The fourth-order valence-corrected chi connectivity index (χ4v) is 1.05. The Hall–Kier alpha value is -1.52. The molecule has 2 nitrogen and oxygen atoms in total. The van der Waals surface area contributed by atoms with Crippen molar-refractivity contribution in [2.24, 2.45) is 0 Å². The van der Waals surface area contributed by atoms with Crippen LogP contribution in [0.25, 0.3) is 0 Å².